The molecule has 0 aliphatic heterocycles. The van der Waals surface area contributed by atoms with Gasteiger partial charge in [-0.25, -0.2) is 4.98 Å². The van der Waals surface area contributed by atoms with E-state index in [1.165, 1.54) is 6.07 Å². The number of nitrogens with zero attached hydrogens (tertiary/aromatic N) is 3. The van der Waals surface area contributed by atoms with Crippen LogP contribution >= 0.6 is 0 Å². The molecule has 2 amide bonds. The van der Waals surface area contributed by atoms with Crippen molar-refractivity contribution in [3.8, 4) is 6.07 Å². The van der Waals surface area contributed by atoms with Crippen LogP contribution in [0.15, 0.2) is 42.6 Å². The van der Waals surface area contributed by atoms with Crippen LogP contribution in [0.3, 0.4) is 0 Å². The Labute approximate surface area is 152 Å². The number of benzene rings is 1. The number of pyridine rings is 1. The molecule has 0 radical (unpaired) electrons. The number of rotatable bonds is 6. The van der Waals surface area contributed by atoms with Gasteiger partial charge < -0.3 is 15.5 Å². The summed E-state index contributed by atoms with van der Waals surface area (Å²) in [6.07, 6.45) is 1.68. The second-order valence-corrected chi connectivity index (χ2v) is 5.53. The molecule has 0 bridgehead atoms. The molecule has 0 saturated carbocycles. The van der Waals surface area contributed by atoms with Crippen molar-refractivity contribution in [3.05, 3.63) is 53.7 Å². The molecular formula is C19H21N5O2. The molecule has 0 fully saturated rings. The summed E-state index contributed by atoms with van der Waals surface area (Å²) in [5.41, 5.74) is 1.60. The molecule has 2 rings (SSSR count). The number of aromatic nitrogens is 1. The Morgan fingerprint density at radius 2 is 1.92 bits per heavy atom. The zero-order valence-corrected chi connectivity index (χ0v) is 14.8. The van der Waals surface area contributed by atoms with Crippen molar-refractivity contribution >= 4 is 23.3 Å². The van der Waals surface area contributed by atoms with E-state index in [1.807, 2.05) is 18.2 Å². The Balaban J connectivity index is 1.89. The summed E-state index contributed by atoms with van der Waals surface area (Å²) in [6.45, 7) is 6.06. The number of nitrogens with one attached hydrogen (secondary N) is 2. The van der Waals surface area contributed by atoms with Crippen LogP contribution in [0, 0.1) is 11.3 Å². The van der Waals surface area contributed by atoms with Crippen LogP contribution in [0.5, 0.6) is 0 Å². The van der Waals surface area contributed by atoms with Gasteiger partial charge in [0.25, 0.3) is 0 Å². The SMILES string of the molecule is CCN(CC)c1ccc(CNC(=O)C(=O)Nc2cccc(C#N)c2)cn1. The van der Waals surface area contributed by atoms with E-state index < -0.39 is 11.8 Å². The summed E-state index contributed by atoms with van der Waals surface area (Å²) in [4.78, 5) is 30.3. The first kappa shape index (κ1) is 18.9. The Kier molecular flexibility index (Phi) is 6.68. The van der Waals surface area contributed by atoms with Crippen molar-refractivity contribution in [2.24, 2.45) is 0 Å². The average molecular weight is 351 g/mol. The maximum absolute atomic E-state index is 11.9. The third kappa shape index (κ3) is 5.05. The van der Waals surface area contributed by atoms with E-state index in [2.05, 4.69) is 34.4 Å². The molecule has 0 aliphatic rings. The van der Waals surface area contributed by atoms with Crippen LogP contribution in [0.25, 0.3) is 0 Å². The molecule has 0 saturated heterocycles. The number of carbonyl (C=O) groups is 2. The van der Waals surface area contributed by atoms with Crippen molar-refractivity contribution < 1.29 is 9.59 Å². The minimum Gasteiger partial charge on any atom is -0.357 e. The summed E-state index contributed by atoms with van der Waals surface area (Å²) in [5.74, 6) is -0.659. The van der Waals surface area contributed by atoms with E-state index in [4.69, 9.17) is 5.26 Å². The van der Waals surface area contributed by atoms with Crippen LogP contribution in [0.4, 0.5) is 11.5 Å². The van der Waals surface area contributed by atoms with E-state index >= 15 is 0 Å². The lowest BCUT2D eigenvalue weighted by atomic mass is 10.2. The Hall–Kier alpha value is -3.40. The zero-order valence-electron chi connectivity index (χ0n) is 14.8. The van der Waals surface area contributed by atoms with Crippen LogP contribution in [0.2, 0.25) is 0 Å². The number of hydrogen-bond donors (Lipinski definition) is 2. The van der Waals surface area contributed by atoms with Gasteiger partial charge in [0, 0.05) is 31.5 Å². The molecule has 0 atom stereocenters. The second kappa shape index (κ2) is 9.18. The Morgan fingerprint density at radius 1 is 1.15 bits per heavy atom. The zero-order chi connectivity index (χ0) is 18.9. The minimum atomic E-state index is -0.784. The minimum absolute atomic E-state index is 0.204. The quantitative estimate of drug-likeness (QED) is 0.776. The van der Waals surface area contributed by atoms with E-state index in [9.17, 15) is 9.59 Å². The lowest BCUT2D eigenvalue weighted by molar-refractivity contribution is -0.136. The van der Waals surface area contributed by atoms with Gasteiger partial charge in [0.1, 0.15) is 5.82 Å². The average Bonchev–Trinajstić information content (AvgIpc) is 2.68. The van der Waals surface area contributed by atoms with E-state index in [-0.39, 0.29) is 6.54 Å². The van der Waals surface area contributed by atoms with Gasteiger partial charge in [-0.1, -0.05) is 12.1 Å². The summed E-state index contributed by atoms with van der Waals surface area (Å²) in [6, 6.07) is 12.1. The summed E-state index contributed by atoms with van der Waals surface area (Å²) < 4.78 is 0. The standard InChI is InChI=1S/C19H21N5O2/c1-3-24(4-2)17-9-8-15(12-21-17)13-22-18(25)19(26)23-16-7-5-6-14(10-16)11-20/h5-10,12H,3-4,13H2,1-2H3,(H,22,25)(H,23,26). The van der Waals surface area contributed by atoms with E-state index in [0.717, 1.165) is 24.5 Å². The van der Waals surface area contributed by atoms with Gasteiger partial charge >= 0.3 is 11.8 Å². The van der Waals surface area contributed by atoms with Crippen molar-refractivity contribution in [2.75, 3.05) is 23.3 Å². The van der Waals surface area contributed by atoms with Crippen molar-refractivity contribution in [1.82, 2.24) is 10.3 Å². The van der Waals surface area contributed by atoms with Crippen LogP contribution in [0.1, 0.15) is 25.0 Å². The fourth-order valence-electron chi connectivity index (χ4n) is 2.37. The number of nitriles is 1. The van der Waals surface area contributed by atoms with Gasteiger partial charge in [0.2, 0.25) is 0 Å². The lowest BCUT2D eigenvalue weighted by Gasteiger charge is -2.19. The molecule has 0 unspecified atom stereocenters. The van der Waals surface area contributed by atoms with Gasteiger partial charge in [-0.2, -0.15) is 5.26 Å². The van der Waals surface area contributed by atoms with Gasteiger partial charge in [-0.3, -0.25) is 9.59 Å². The van der Waals surface area contributed by atoms with Crippen LogP contribution in [-0.4, -0.2) is 29.9 Å². The molecule has 0 spiro atoms. The highest BCUT2D eigenvalue weighted by atomic mass is 16.2. The summed E-state index contributed by atoms with van der Waals surface area (Å²) >= 11 is 0. The highest BCUT2D eigenvalue weighted by Gasteiger charge is 2.13. The first-order valence-electron chi connectivity index (χ1n) is 8.36. The van der Waals surface area contributed by atoms with Gasteiger partial charge in [-0.05, 0) is 43.7 Å². The fourth-order valence-corrected chi connectivity index (χ4v) is 2.37. The molecule has 0 aliphatic carbocycles. The molecule has 1 aromatic heterocycles. The van der Waals surface area contributed by atoms with Crippen molar-refractivity contribution in [2.45, 2.75) is 20.4 Å². The third-order valence-electron chi connectivity index (χ3n) is 3.81. The third-order valence-corrected chi connectivity index (χ3v) is 3.81. The number of carbonyl (C=O) groups excluding carboxylic acids is 2. The molecule has 7 heteroatoms. The fraction of sp³-hybridized carbons (Fsp3) is 0.263. The Morgan fingerprint density at radius 3 is 2.54 bits per heavy atom. The molecule has 134 valence electrons. The topological polar surface area (TPSA) is 98.1 Å². The monoisotopic (exact) mass is 351 g/mol. The molecule has 2 N–H and O–H groups in total. The first-order chi connectivity index (χ1) is 12.6. The second-order valence-electron chi connectivity index (χ2n) is 5.53. The summed E-state index contributed by atoms with van der Waals surface area (Å²) in [5, 5.41) is 13.9. The van der Waals surface area contributed by atoms with Crippen molar-refractivity contribution in [1.29, 1.82) is 5.26 Å². The number of anilines is 2. The van der Waals surface area contributed by atoms with Crippen LogP contribution in [-0.2, 0) is 16.1 Å². The molecule has 26 heavy (non-hydrogen) atoms. The lowest BCUT2D eigenvalue weighted by Crippen LogP contribution is -2.35. The summed E-state index contributed by atoms with van der Waals surface area (Å²) in [7, 11) is 0. The predicted molar refractivity (Wildman–Crippen MR) is 99.4 cm³/mol. The van der Waals surface area contributed by atoms with E-state index in [0.29, 0.717) is 11.3 Å². The molecular weight excluding hydrogens is 330 g/mol. The van der Waals surface area contributed by atoms with Crippen LogP contribution < -0.4 is 15.5 Å². The molecule has 1 heterocycles. The number of hydrogen-bond acceptors (Lipinski definition) is 5. The smallest absolute Gasteiger partial charge is 0.313 e. The molecule has 1 aromatic carbocycles. The number of amides is 2. The van der Waals surface area contributed by atoms with E-state index in [1.54, 1.807) is 24.4 Å². The maximum Gasteiger partial charge on any atom is 0.313 e. The Bertz CT molecular complexity index is 807. The maximum atomic E-state index is 11.9. The highest BCUT2D eigenvalue weighted by molar-refractivity contribution is 6.39. The van der Waals surface area contributed by atoms with Gasteiger partial charge in [0.15, 0.2) is 0 Å². The van der Waals surface area contributed by atoms with Crippen molar-refractivity contribution in [3.63, 3.8) is 0 Å². The van der Waals surface area contributed by atoms with Gasteiger partial charge in [0.05, 0.1) is 11.6 Å². The molecule has 2 aromatic rings. The highest BCUT2D eigenvalue weighted by Crippen LogP contribution is 2.11. The largest absolute Gasteiger partial charge is 0.357 e. The predicted octanol–water partition coefficient (Wildman–Crippen LogP) is 2.05. The molecule has 7 nitrogen and oxygen atoms in total. The van der Waals surface area contributed by atoms with Gasteiger partial charge in [-0.15, -0.1) is 0 Å². The first-order valence-corrected chi connectivity index (χ1v) is 8.36. The normalized spacial score (nSPS) is 9.88.